The van der Waals surface area contributed by atoms with Crippen LogP contribution in [0.15, 0.2) is 28.8 Å². The molecule has 22 heavy (non-hydrogen) atoms. The molecule has 1 aromatic carbocycles. The number of rotatable bonds is 4. The summed E-state index contributed by atoms with van der Waals surface area (Å²) in [6.07, 6.45) is 5.28. The van der Waals surface area contributed by atoms with Crippen LogP contribution in [0.1, 0.15) is 42.7 Å². The maximum absolute atomic E-state index is 5.25. The Labute approximate surface area is 132 Å². The van der Waals surface area contributed by atoms with Crippen molar-refractivity contribution in [3.8, 4) is 0 Å². The Morgan fingerprint density at radius 2 is 1.82 bits per heavy atom. The highest BCUT2D eigenvalue weighted by atomic mass is 16.5. The highest BCUT2D eigenvalue weighted by Crippen LogP contribution is 2.28. The summed E-state index contributed by atoms with van der Waals surface area (Å²) in [7, 11) is 0. The van der Waals surface area contributed by atoms with Gasteiger partial charge in [0.25, 0.3) is 0 Å². The van der Waals surface area contributed by atoms with Crippen LogP contribution in [-0.2, 0) is 6.54 Å². The Hall–Kier alpha value is -1.97. The first kappa shape index (κ1) is 14.9. The van der Waals surface area contributed by atoms with Crippen molar-refractivity contribution in [2.75, 3.05) is 23.3 Å². The maximum atomic E-state index is 5.25. The van der Waals surface area contributed by atoms with E-state index >= 15 is 0 Å². The Morgan fingerprint density at radius 3 is 2.50 bits per heavy atom. The summed E-state index contributed by atoms with van der Waals surface area (Å²) in [5, 5.41) is 7.60. The zero-order chi connectivity index (χ0) is 15.4. The van der Waals surface area contributed by atoms with E-state index in [1.807, 2.05) is 13.8 Å². The number of hydrogen-bond donors (Lipinski definition) is 1. The Kier molecular flexibility index (Phi) is 4.66. The summed E-state index contributed by atoms with van der Waals surface area (Å²) in [5.41, 5.74) is 4.64. The lowest BCUT2D eigenvalue weighted by atomic mass is 10.2. The van der Waals surface area contributed by atoms with Gasteiger partial charge in [-0.3, -0.25) is 0 Å². The average molecular weight is 299 g/mol. The molecule has 0 amide bonds. The second-order valence-electron chi connectivity index (χ2n) is 6.07. The van der Waals surface area contributed by atoms with Crippen LogP contribution in [0.4, 0.5) is 11.4 Å². The van der Waals surface area contributed by atoms with Gasteiger partial charge in [0.05, 0.1) is 17.1 Å². The fourth-order valence-corrected chi connectivity index (χ4v) is 3.15. The molecule has 0 unspecified atom stereocenters. The molecule has 0 aliphatic carbocycles. The Bertz CT molecular complexity index is 593. The molecule has 0 saturated carbocycles. The molecular formula is C18H25N3O. The largest absolute Gasteiger partial charge is 0.379 e. The highest BCUT2D eigenvalue weighted by Gasteiger charge is 2.14. The van der Waals surface area contributed by atoms with Gasteiger partial charge in [-0.1, -0.05) is 30.1 Å². The van der Waals surface area contributed by atoms with Crippen LogP contribution in [0.5, 0.6) is 0 Å². The van der Waals surface area contributed by atoms with E-state index in [4.69, 9.17) is 4.52 Å². The SMILES string of the molecule is Cc1noc(C)c1CNc1ccccc1N1CCCCCC1. The minimum absolute atomic E-state index is 0.756. The number of anilines is 2. The van der Waals surface area contributed by atoms with Gasteiger partial charge < -0.3 is 14.7 Å². The van der Waals surface area contributed by atoms with Crippen LogP contribution in [0, 0.1) is 13.8 Å². The van der Waals surface area contributed by atoms with Crippen LogP contribution in [0.2, 0.25) is 0 Å². The number of hydrogen-bond acceptors (Lipinski definition) is 4. The minimum Gasteiger partial charge on any atom is -0.379 e. The maximum Gasteiger partial charge on any atom is 0.138 e. The van der Waals surface area contributed by atoms with E-state index in [0.717, 1.165) is 36.7 Å². The molecule has 1 fully saturated rings. The third-order valence-corrected chi connectivity index (χ3v) is 4.49. The molecule has 1 aromatic heterocycles. The van der Waals surface area contributed by atoms with E-state index in [1.165, 1.54) is 37.1 Å². The van der Waals surface area contributed by atoms with E-state index in [9.17, 15) is 0 Å². The number of aromatic nitrogens is 1. The van der Waals surface area contributed by atoms with Gasteiger partial charge >= 0.3 is 0 Å². The van der Waals surface area contributed by atoms with Crippen LogP contribution in [0.3, 0.4) is 0 Å². The van der Waals surface area contributed by atoms with Crippen molar-refractivity contribution in [2.45, 2.75) is 46.1 Å². The van der Waals surface area contributed by atoms with Gasteiger partial charge in [-0.25, -0.2) is 0 Å². The molecule has 3 rings (SSSR count). The number of nitrogens with one attached hydrogen (secondary N) is 1. The monoisotopic (exact) mass is 299 g/mol. The zero-order valence-electron chi connectivity index (χ0n) is 13.6. The lowest BCUT2D eigenvalue weighted by molar-refractivity contribution is 0.392. The summed E-state index contributed by atoms with van der Waals surface area (Å²) in [5.74, 6) is 0.900. The third kappa shape index (κ3) is 3.26. The van der Waals surface area contributed by atoms with Gasteiger partial charge in [0, 0.05) is 25.2 Å². The average Bonchev–Trinajstić information content (AvgIpc) is 2.74. The normalized spacial score (nSPS) is 15.6. The van der Waals surface area contributed by atoms with E-state index in [2.05, 4.69) is 39.6 Å². The van der Waals surface area contributed by atoms with Gasteiger partial charge in [0.1, 0.15) is 5.76 Å². The van der Waals surface area contributed by atoms with Crippen LogP contribution < -0.4 is 10.2 Å². The first-order valence-electron chi connectivity index (χ1n) is 8.25. The molecule has 4 nitrogen and oxygen atoms in total. The first-order valence-corrected chi connectivity index (χ1v) is 8.25. The first-order chi connectivity index (χ1) is 10.8. The van der Waals surface area contributed by atoms with Gasteiger partial charge in [-0.2, -0.15) is 0 Å². The fraction of sp³-hybridized carbons (Fsp3) is 0.500. The molecule has 0 spiro atoms. The molecule has 118 valence electrons. The topological polar surface area (TPSA) is 41.3 Å². The quantitative estimate of drug-likeness (QED) is 0.914. The number of benzene rings is 1. The van der Waals surface area contributed by atoms with E-state index in [1.54, 1.807) is 0 Å². The summed E-state index contributed by atoms with van der Waals surface area (Å²) < 4.78 is 5.25. The molecule has 1 N–H and O–H groups in total. The van der Waals surface area contributed by atoms with Crippen molar-refractivity contribution in [1.82, 2.24) is 5.16 Å². The van der Waals surface area contributed by atoms with Crippen molar-refractivity contribution >= 4 is 11.4 Å². The van der Waals surface area contributed by atoms with Crippen LogP contribution in [0.25, 0.3) is 0 Å². The molecule has 1 saturated heterocycles. The second kappa shape index (κ2) is 6.86. The predicted octanol–water partition coefficient (Wildman–Crippen LogP) is 4.28. The molecular weight excluding hydrogens is 274 g/mol. The molecule has 2 heterocycles. The van der Waals surface area contributed by atoms with Crippen molar-refractivity contribution in [1.29, 1.82) is 0 Å². The van der Waals surface area contributed by atoms with Crippen molar-refractivity contribution < 1.29 is 4.52 Å². The van der Waals surface area contributed by atoms with Crippen molar-refractivity contribution in [3.63, 3.8) is 0 Å². The molecule has 0 bridgehead atoms. The summed E-state index contributed by atoms with van der Waals surface area (Å²) in [4.78, 5) is 2.52. The molecule has 0 radical (unpaired) electrons. The van der Waals surface area contributed by atoms with E-state index in [-0.39, 0.29) is 0 Å². The molecule has 1 aliphatic heterocycles. The smallest absolute Gasteiger partial charge is 0.138 e. The summed E-state index contributed by atoms with van der Waals surface area (Å²) in [6, 6.07) is 8.61. The summed E-state index contributed by atoms with van der Waals surface area (Å²) in [6.45, 7) is 7.03. The fourth-order valence-electron chi connectivity index (χ4n) is 3.15. The highest BCUT2D eigenvalue weighted by molar-refractivity contribution is 5.70. The van der Waals surface area contributed by atoms with Gasteiger partial charge in [0.15, 0.2) is 0 Å². The van der Waals surface area contributed by atoms with Gasteiger partial charge in [0.2, 0.25) is 0 Å². The second-order valence-corrected chi connectivity index (χ2v) is 6.07. The molecule has 1 aliphatic rings. The molecule has 4 heteroatoms. The predicted molar refractivity (Wildman–Crippen MR) is 90.4 cm³/mol. The van der Waals surface area contributed by atoms with Gasteiger partial charge in [-0.15, -0.1) is 0 Å². The van der Waals surface area contributed by atoms with Gasteiger partial charge in [-0.05, 0) is 38.8 Å². The van der Waals surface area contributed by atoms with E-state index in [0.29, 0.717) is 0 Å². The standard InChI is InChI=1S/C18H25N3O/c1-14-16(15(2)22-20-14)13-19-17-9-5-6-10-18(17)21-11-7-3-4-8-12-21/h5-6,9-10,19H,3-4,7-8,11-13H2,1-2H3. The molecule has 2 aromatic rings. The Morgan fingerprint density at radius 1 is 1.09 bits per heavy atom. The summed E-state index contributed by atoms with van der Waals surface area (Å²) >= 11 is 0. The van der Waals surface area contributed by atoms with E-state index < -0.39 is 0 Å². The Balaban J connectivity index is 1.76. The minimum atomic E-state index is 0.756. The number of para-hydroxylation sites is 2. The zero-order valence-corrected chi connectivity index (χ0v) is 13.6. The van der Waals surface area contributed by atoms with Crippen molar-refractivity contribution in [3.05, 3.63) is 41.3 Å². The van der Waals surface area contributed by atoms with Crippen LogP contribution >= 0.6 is 0 Å². The van der Waals surface area contributed by atoms with Crippen molar-refractivity contribution in [2.24, 2.45) is 0 Å². The third-order valence-electron chi connectivity index (χ3n) is 4.49. The molecule has 0 atom stereocenters. The number of nitrogens with zero attached hydrogens (tertiary/aromatic N) is 2. The lowest BCUT2D eigenvalue weighted by Gasteiger charge is -2.25. The van der Waals surface area contributed by atoms with Crippen LogP contribution in [-0.4, -0.2) is 18.2 Å². The lowest BCUT2D eigenvalue weighted by Crippen LogP contribution is -2.24. The number of aryl methyl sites for hydroxylation is 2.